The molecule has 0 unspecified atom stereocenters. The average Bonchev–Trinajstić information content (AvgIpc) is 3.23. The van der Waals surface area contributed by atoms with Crippen LogP contribution in [0.15, 0.2) is 30.3 Å². The quantitative estimate of drug-likeness (QED) is 0.779. The number of nitrogens with zero attached hydrogens (tertiary/aromatic N) is 1. The van der Waals surface area contributed by atoms with Gasteiger partial charge in [0.15, 0.2) is 0 Å². The molecular formula is C20H27NO3. The fraction of sp³-hybridized carbons (Fsp3) is 0.600. The van der Waals surface area contributed by atoms with E-state index in [1.807, 2.05) is 23.1 Å². The standard InChI is InChI=1S/C20H27NO3/c1-20(2,16-8-4-3-5-9-16)14-24-19(23)15-12-18(22)21(13-15)17-10-6-7-11-17/h3-5,8-9,15,17H,6-7,10-14H2,1-2H3/t15-/m1/s1. The predicted octanol–water partition coefficient (Wildman–Crippen LogP) is 3.30. The van der Waals surface area contributed by atoms with Crippen molar-refractivity contribution in [2.24, 2.45) is 5.92 Å². The molecule has 1 saturated carbocycles. The first-order valence-electron chi connectivity index (χ1n) is 8.99. The lowest BCUT2D eigenvalue weighted by Crippen LogP contribution is -2.35. The van der Waals surface area contributed by atoms with Crippen LogP contribution in [-0.4, -0.2) is 36.0 Å². The molecule has 24 heavy (non-hydrogen) atoms. The first-order chi connectivity index (χ1) is 11.5. The third kappa shape index (κ3) is 3.63. The third-order valence-electron chi connectivity index (χ3n) is 5.39. The van der Waals surface area contributed by atoms with Crippen molar-refractivity contribution in [2.45, 2.75) is 57.4 Å². The molecule has 130 valence electrons. The molecule has 1 saturated heterocycles. The summed E-state index contributed by atoms with van der Waals surface area (Å²) in [6.07, 6.45) is 4.84. The van der Waals surface area contributed by atoms with E-state index in [-0.39, 0.29) is 23.2 Å². The molecule has 1 amide bonds. The van der Waals surface area contributed by atoms with Crippen molar-refractivity contribution >= 4 is 11.9 Å². The number of carbonyl (C=O) groups excluding carboxylic acids is 2. The number of esters is 1. The maximum Gasteiger partial charge on any atom is 0.311 e. The third-order valence-corrected chi connectivity index (χ3v) is 5.39. The Hall–Kier alpha value is -1.84. The Morgan fingerprint density at radius 2 is 1.88 bits per heavy atom. The highest BCUT2D eigenvalue weighted by Crippen LogP contribution is 2.30. The van der Waals surface area contributed by atoms with Gasteiger partial charge in [-0.2, -0.15) is 0 Å². The summed E-state index contributed by atoms with van der Waals surface area (Å²) in [7, 11) is 0. The van der Waals surface area contributed by atoms with Crippen LogP contribution in [0.5, 0.6) is 0 Å². The molecule has 1 aliphatic carbocycles. The van der Waals surface area contributed by atoms with E-state index in [1.54, 1.807) is 0 Å². The van der Waals surface area contributed by atoms with Gasteiger partial charge in [0.05, 0.1) is 5.92 Å². The van der Waals surface area contributed by atoms with Crippen LogP contribution < -0.4 is 0 Å². The molecule has 1 atom stereocenters. The van der Waals surface area contributed by atoms with Gasteiger partial charge in [0.25, 0.3) is 0 Å². The van der Waals surface area contributed by atoms with Gasteiger partial charge in [0.2, 0.25) is 5.91 Å². The van der Waals surface area contributed by atoms with Gasteiger partial charge in [0, 0.05) is 24.4 Å². The molecule has 1 aromatic carbocycles. The normalized spacial score (nSPS) is 22.2. The summed E-state index contributed by atoms with van der Waals surface area (Å²) in [5.74, 6) is -0.413. The minimum atomic E-state index is -0.301. The average molecular weight is 329 g/mol. The molecule has 0 radical (unpaired) electrons. The van der Waals surface area contributed by atoms with E-state index in [0.717, 1.165) is 18.4 Å². The number of ether oxygens (including phenoxy) is 1. The maximum atomic E-state index is 12.4. The molecular weight excluding hydrogens is 302 g/mol. The number of rotatable bonds is 5. The van der Waals surface area contributed by atoms with Crippen LogP contribution in [0.1, 0.15) is 51.5 Å². The zero-order chi connectivity index (χ0) is 17.2. The highest BCUT2D eigenvalue weighted by atomic mass is 16.5. The summed E-state index contributed by atoms with van der Waals surface area (Å²) >= 11 is 0. The highest BCUT2D eigenvalue weighted by molar-refractivity contribution is 5.87. The van der Waals surface area contributed by atoms with Gasteiger partial charge < -0.3 is 9.64 Å². The molecule has 0 bridgehead atoms. The van der Waals surface area contributed by atoms with E-state index in [4.69, 9.17) is 4.74 Å². The van der Waals surface area contributed by atoms with Gasteiger partial charge in [0.1, 0.15) is 6.61 Å². The lowest BCUT2D eigenvalue weighted by Gasteiger charge is -2.26. The second-order valence-corrected chi connectivity index (χ2v) is 7.74. The lowest BCUT2D eigenvalue weighted by atomic mass is 9.85. The zero-order valence-corrected chi connectivity index (χ0v) is 14.7. The van der Waals surface area contributed by atoms with Crippen molar-refractivity contribution in [3.05, 3.63) is 35.9 Å². The zero-order valence-electron chi connectivity index (χ0n) is 14.7. The molecule has 0 aromatic heterocycles. The van der Waals surface area contributed by atoms with Gasteiger partial charge in [-0.3, -0.25) is 9.59 Å². The number of likely N-dealkylation sites (tertiary alicyclic amines) is 1. The highest BCUT2D eigenvalue weighted by Gasteiger charge is 2.39. The Balaban J connectivity index is 1.55. The Morgan fingerprint density at radius 1 is 1.21 bits per heavy atom. The van der Waals surface area contributed by atoms with Crippen molar-refractivity contribution in [3.8, 4) is 0 Å². The minimum Gasteiger partial charge on any atom is -0.464 e. The second kappa shape index (κ2) is 6.96. The van der Waals surface area contributed by atoms with Gasteiger partial charge in [-0.15, -0.1) is 0 Å². The maximum absolute atomic E-state index is 12.4. The summed E-state index contributed by atoms with van der Waals surface area (Å²) in [5.41, 5.74) is 0.915. The first kappa shape index (κ1) is 17.0. The van der Waals surface area contributed by atoms with Crippen LogP contribution in [0.4, 0.5) is 0 Å². The van der Waals surface area contributed by atoms with Crippen LogP contribution in [0.2, 0.25) is 0 Å². The van der Waals surface area contributed by atoms with E-state index in [1.165, 1.54) is 12.8 Å². The number of hydrogen-bond acceptors (Lipinski definition) is 3. The molecule has 1 aromatic rings. The van der Waals surface area contributed by atoms with Crippen LogP contribution in [-0.2, 0) is 19.7 Å². The molecule has 0 spiro atoms. The summed E-state index contributed by atoms with van der Waals surface area (Å²) in [5, 5.41) is 0. The van der Waals surface area contributed by atoms with Crippen LogP contribution >= 0.6 is 0 Å². The second-order valence-electron chi connectivity index (χ2n) is 7.74. The Morgan fingerprint density at radius 3 is 2.54 bits per heavy atom. The van der Waals surface area contributed by atoms with E-state index >= 15 is 0 Å². The first-order valence-corrected chi connectivity index (χ1v) is 8.99. The smallest absolute Gasteiger partial charge is 0.311 e. The van der Waals surface area contributed by atoms with Crippen LogP contribution in [0.3, 0.4) is 0 Å². The van der Waals surface area contributed by atoms with Crippen molar-refractivity contribution in [1.82, 2.24) is 4.90 Å². The molecule has 1 heterocycles. The Labute approximate surface area is 144 Å². The van der Waals surface area contributed by atoms with E-state index in [2.05, 4.69) is 26.0 Å². The number of amides is 1. The fourth-order valence-electron chi connectivity index (χ4n) is 3.80. The summed E-state index contributed by atoms with van der Waals surface area (Å²) < 4.78 is 5.59. The SMILES string of the molecule is CC(C)(COC(=O)[C@@H]1CC(=O)N(C2CCCC2)C1)c1ccccc1. The van der Waals surface area contributed by atoms with Crippen molar-refractivity contribution in [1.29, 1.82) is 0 Å². The summed E-state index contributed by atoms with van der Waals surface area (Å²) in [4.78, 5) is 26.6. The Bertz CT molecular complexity index is 590. The van der Waals surface area contributed by atoms with Gasteiger partial charge in [-0.1, -0.05) is 57.0 Å². The fourth-order valence-corrected chi connectivity index (χ4v) is 3.80. The van der Waals surface area contributed by atoms with Gasteiger partial charge in [-0.25, -0.2) is 0 Å². The van der Waals surface area contributed by atoms with Crippen LogP contribution in [0, 0.1) is 5.92 Å². The Kier molecular flexibility index (Phi) is 4.93. The molecule has 2 fully saturated rings. The monoisotopic (exact) mass is 329 g/mol. The van der Waals surface area contributed by atoms with E-state index in [0.29, 0.717) is 25.6 Å². The van der Waals surface area contributed by atoms with E-state index < -0.39 is 0 Å². The number of hydrogen-bond donors (Lipinski definition) is 0. The topological polar surface area (TPSA) is 46.6 Å². The minimum absolute atomic E-state index is 0.117. The summed E-state index contributed by atoms with van der Waals surface area (Å²) in [6.45, 7) is 5.01. The van der Waals surface area contributed by atoms with Gasteiger partial charge in [-0.05, 0) is 18.4 Å². The molecule has 0 N–H and O–H groups in total. The number of carbonyl (C=O) groups is 2. The summed E-state index contributed by atoms with van der Waals surface area (Å²) in [6, 6.07) is 10.4. The lowest BCUT2D eigenvalue weighted by molar-refractivity contribution is -0.150. The number of benzene rings is 1. The molecule has 2 aliphatic rings. The molecule has 4 nitrogen and oxygen atoms in total. The molecule has 1 aliphatic heterocycles. The van der Waals surface area contributed by atoms with Crippen molar-refractivity contribution in [3.63, 3.8) is 0 Å². The molecule has 4 heteroatoms. The van der Waals surface area contributed by atoms with Crippen LogP contribution in [0.25, 0.3) is 0 Å². The van der Waals surface area contributed by atoms with E-state index in [9.17, 15) is 9.59 Å². The molecule has 3 rings (SSSR count). The van der Waals surface area contributed by atoms with Crippen molar-refractivity contribution < 1.29 is 14.3 Å². The largest absolute Gasteiger partial charge is 0.464 e. The predicted molar refractivity (Wildman–Crippen MR) is 92.5 cm³/mol. The van der Waals surface area contributed by atoms with Gasteiger partial charge >= 0.3 is 5.97 Å². The van der Waals surface area contributed by atoms with Crippen molar-refractivity contribution in [2.75, 3.05) is 13.2 Å².